The minimum Gasteiger partial charge on any atom is -0.609 e. The Morgan fingerprint density at radius 1 is 1.19 bits per heavy atom. The van der Waals surface area contributed by atoms with Crippen LogP contribution in [0.15, 0.2) is 59.8 Å². The molecule has 9 heteroatoms. The smallest absolute Gasteiger partial charge is 0.324 e. The highest BCUT2D eigenvalue weighted by Crippen LogP contribution is 2.48. The van der Waals surface area contributed by atoms with Gasteiger partial charge in [0.1, 0.15) is 11.2 Å². The van der Waals surface area contributed by atoms with Gasteiger partial charge in [-0.2, -0.15) is 10.0 Å². The third-order valence-electron chi connectivity index (χ3n) is 7.13. The summed E-state index contributed by atoms with van der Waals surface area (Å²) < 4.78 is 15.6. The number of hydrogen-bond acceptors (Lipinski definition) is 5. The molecule has 1 saturated heterocycles. The normalized spacial score (nSPS) is 22.1. The van der Waals surface area contributed by atoms with Crippen molar-refractivity contribution in [3.63, 3.8) is 0 Å². The molecule has 0 radical (unpaired) electrons. The number of carbonyl (C=O) groups is 2. The third-order valence-corrected chi connectivity index (χ3v) is 8.66. The van der Waals surface area contributed by atoms with Crippen molar-refractivity contribution >= 4 is 45.6 Å². The van der Waals surface area contributed by atoms with E-state index in [4.69, 9.17) is 16.4 Å². The maximum atomic E-state index is 13.6. The lowest BCUT2D eigenvalue weighted by atomic mass is 9.66. The van der Waals surface area contributed by atoms with E-state index in [1.807, 2.05) is 43.5 Å². The molecule has 3 unspecified atom stereocenters. The van der Waals surface area contributed by atoms with Crippen LogP contribution in [-0.2, 0) is 43.3 Å². The Morgan fingerprint density at radius 3 is 2.69 bits per heavy atom. The molecule has 0 spiro atoms. The highest BCUT2D eigenvalue weighted by atomic mass is 35.5. The summed E-state index contributed by atoms with van der Waals surface area (Å²) in [5, 5.41) is 1.90. The topological polar surface area (TPSA) is 87.5 Å². The first-order valence-corrected chi connectivity index (χ1v) is 13.4. The number of aryl methyl sites for hydroxylation is 2. The fourth-order valence-electron chi connectivity index (χ4n) is 5.48. The van der Waals surface area contributed by atoms with E-state index in [9.17, 15) is 14.1 Å². The fourth-order valence-corrected chi connectivity index (χ4v) is 7.05. The first-order chi connectivity index (χ1) is 17.2. The molecule has 2 aliphatic rings. The van der Waals surface area contributed by atoms with E-state index >= 15 is 0 Å². The summed E-state index contributed by atoms with van der Waals surface area (Å²) in [6, 6.07) is 9.31. The number of hydroxylamine groups is 2. The Kier molecular flexibility index (Phi) is 6.32. The molecule has 1 aromatic heterocycles. The number of fused-ring (bicyclic) bond motifs is 2. The van der Waals surface area contributed by atoms with Crippen LogP contribution in [0.2, 0.25) is 5.02 Å². The quantitative estimate of drug-likeness (QED) is 0.349. The summed E-state index contributed by atoms with van der Waals surface area (Å²) >= 11 is 4.69. The van der Waals surface area contributed by atoms with Crippen LogP contribution in [0, 0.1) is 19.8 Å². The molecule has 2 aromatic carbocycles. The van der Waals surface area contributed by atoms with Gasteiger partial charge < -0.3 is 4.55 Å². The van der Waals surface area contributed by atoms with Gasteiger partial charge >= 0.3 is 5.16 Å². The maximum Gasteiger partial charge on any atom is 0.324 e. The lowest BCUT2D eigenvalue weighted by Crippen LogP contribution is -2.40. The van der Waals surface area contributed by atoms with Gasteiger partial charge in [0.15, 0.2) is 0 Å². The van der Waals surface area contributed by atoms with Gasteiger partial charge in [0, 0.05) is 28.3 Å². The summed E-state index contributed by atoms with van der Waals surface area (Å²) in [7, 11) is 1.32. The standard InChI is InChI=1S/C27H26ClN3O4S/c1-5-30-22-12-11-19(28)14-21(22)29-26(30)36(34)15-18-10-9-16(2)23(17(18)3)27-13-7-6-8-20(27)24(32)31(35-4)25(27)33/h6-14,20H,5,15H2,1-4H3. The van der Waals surface area contributed by atoms with Gasteiger partial charge in [0.2, 0.25) is 0 Å². The molecule has 2 amide bonds. The van der Waals surface area contributed by atoms with Crippen LogP contribution in [-0.4, -0.2) is 38.1 Å². The minimum atomic E-state index is -1.46. The molecular weight excluding hydrogens is 498 g/mol. The van der Waals surface area contributed by atoms with Crippen LogP contribution >= 0.6 is 11.6 Å². The van der Waals surface area contributed by atoms with Gasteiger partial charge in [-0.25, -0.2) is 0 Å². The van der Waals surface area contributed by atoms with Gasteiger partial charge in [0.05, 0.1) is 24.1 Å². The predicted octanol–water partition coefficient (Wildman–Crippen LogP) is 4.54. The fraction of sp³-hybridized carbons (Fsp3) is 0.296. The number of amides is 2. The van der Waals surface area contributed by atoms with Crippen molar-refractivity contribution < 1.29 is 19.0 Å². The Labute approximate surface area is 217 Å². The number of imidazole rings is 1. The van der Waals surface area contributed by atoms with Crippen molar-refractivity contribution in [2.75, 3.05) is 7.11 Å². The lowest BCUT2D eigenvalue weighted by molar-refractivity contribution is -0.181. The van der Waals surface area contributed by atoms with Crippen LogP contribution in [0.3, 0.4) is 0 Å². The number of aromatic nitrogens is 2. The summed E-state index contributed by atoms with van der Waals surface area (Å²) in [6.07, 6.45) is 7.10. The Bertz CT molecular complexity index is 1460. The summed E-state index contributed by atoms with van der Waals surface area (Å²) in [5.74, 6) is -1.31. The zero-order valence-electron chi connectivity index (χ0n) is 20.4. The molecule has 1 aliphatic heterocycles. The number of allylic oxidation sites excluding steroid dienone is 2. The molecule has 3 atom stereocenters. The highest BCUT2D eigenvalue weighted by molar-refractivity contribution is 7.90. The van der Waals surface area contributed by atoms with Crippen molar-refractivity contribution in [3.05, 3.63) is 81.9 Å². The van der Waals surface area contributed by atoms with Crippen LogP contribution in [0.5, 0.6) is 0 Å². The maximum absolute atomic E-state index is 13.6. The number of rotatable bonds is 6. The minimum absolute atomic E-state index is 0.215. The van der Waals surface area contributed by atoms with Crippen LogP contribution in [0.4, 0.5) is 0 Å². The molecule has 5 rings (SSSR count). The molecule has 36 heavy (non-hydrogen) atoms. The molecule has 0 bridgehead atoms. The van der Waals surface area contributed by atoms with E-state index in [0.29, 0.717) is 22.2 Å². The molecule has 186 valence electrons. The Morgan fingerprint density at radius 2 is 1.97 bits per heavy atom. The molecule has 0 saturated carbocycles. The van der Waals surface area contributed by atoms with Crippen molar-refractivity contribution in [3.8, 4) is 0 Å². The number of carbonyl (C=O) groups excluding carboxylic acids is 2. The van der Waals surface area contributed by atoms with Gasteiger partial charge in [-0.05, 0) is 55.7 Å². The second kappa shape index (κ2) is 9.19. The zero-order chi connectivity index (χ0) is 25.8. The van der Waals surface area contributed by atoms with E-state index in [1.165, 1.54) is 7.11 Å². The molecular formula is C27H26ClN3O4S. The monoisotopic (exact) mass is 523 g/mol. The van der Waals surface area contributed by atoms with Crippen LogP contribution in [0.1, 0.15) is 29.2 Å². The first kappa shape index (κ1) is 24.8. The molecule has 7 nitrogen and oxygen atoms in total. The van der Waals surface area contributed by atoms with Crippen molar-refractivity contribution in [1.29, 1.82) is 0 Å². The van der Waals surface area contributed by atoms with E-state index in [-0.39, 0.29) is 5.75 Å². The third kappa shape index (κ3) is 3.55. The second-order valence-electron chi connectivity index (χ2n) is 9.01. The van der Waals surface area contributed by atoms with E-state index in [2.05, 4.69) is 4.98 Å². The number of imide groups is 1. The number of benzene rings is 2. The number of nitrogens with zero attached hydrogens (tertiary/aromatic N) is 3. The van der Waals surface area contributed by atoms with Gasteiger partial charge in [-0.15, -0.1) is 0 Å². The Balaban J connectivity index is 1.59. The number of hydrogen-bond donors (Lipinski definition) is 0. The van der Waals surface area contributed by atoms with Crippen molar-refractivity contribution in [2.24, 2.45) is 5.92 Å². The van der Waals surface area contributed by atoms with E-state index in [0.717, 1.165) is 32.8 Å². The lowest BCUT2D eigenvalue weighted by Gasteiger charge is -2.32. The Hall–Kier alpha value is -2.91. The summed E-state index contributed by atoms with van der Waals surface area (Å²) in [6.45, 7) is 6.44. The van der Waals surface area contributed by atoms with Crippen molar-refractivity contribution in [2.45, 2.75) is 43.6 Å². The van der Waals surface area contributed by atoms with Gasteiger partial charge in [0.25, 0.3) is 11.8 Å². The summed E-state index contributed by atoms with van der Waals surface area (Å²) in [5.41, 5.74) is 3.65. The first-order valence-electron chi connectivity index (χ1n) is 11.7. The number of halogens is 1. The SMILES string of the molecule is CCn1c([S+]([O-])Cc2ccc(C)c(C34C=CC=CC3C(=O)N(OC)C4=O)c2C)nc2cc(Cl)ccc21. The van der Waals surface area contributed by atoms with Gasteiger partial charge in [-0.3, -0.25) is 19.0 Å². The average Bonchev–Trinajstić information content (AvgIpc) is 3.33. The van der Waals surface area contributed by atoms with Gasteiger partial charge in [-0.1, -0.05) is 48.0 Å². The molecule has 2 heterocycles. The van der Waals surface area contributed by atoms with Crippen molar-refractivity contribution in [1.82, 2.24) is 14.6 Å². The van der Waals surface area contributed by atoms with Crippen LogP contribution in [0.25, 0.3) is 11.0 Å². The van der Waals surface area contributed by atoms with E-state index < -0.39 is 34.3 Å². The predicted molar refractivity (Wildman–Crippen MR) is 139 cm³/mol. The highest BCUT2D eigenvalue weighted by Gasteiger charge is 2.60. The zero-order valence-corrected chi connectivity index (χ0v) is 22.0. The van der Waals surface area contributed by atoms with Crippen LogP contribution < -0.4 is 0 Å². The molecule has 3 aromatic rings. The largest absolute Gasteiger partial charge is 0.609 e. The second-order valence-corrected chi connectivity index (χ2v) is 10.8. The molecule has 1 fully saturated rings. The molecule has 1 aliphatic carbocycles. The summed E-state index contributed by atoms with van der Waals surface area (Å²) in [4.78, 5) is 36.4. The average molecular weight is 524 g/mol. The van der Waals surface area contributed by atoms with E-state index in [1.54, 1.807) is 36.4 Å². The molecule has 0 N–H and O–H groups in total.